The molecular weight excluding hydrogens is 259 g/mol. The van der Waals surface area contributed by atoms with Crippen LogP contribution < -0.4 is 9.47 Å². The summed E-state index contributed by atoms with van der Waals surface area (Å²) < 4.78 is 23.6. The van der Waals surface area contributed by atoms with Crippen molar-refractivity contribution >= 4 is 11.6 Å². The van der Waals surface area contributed by atoms with Crippen LogP contribution in [-0.4, -0.2) is 17.1 Å². The Labute approximate surface area is 108 Å². The van der Waals surface area contributed by atoms with Gasteiger partial charge >= 0.3 is 0 Å². The Bertz CT molecular complexity index is 578. The smallest absolute Gasteiger partial charge is 0.267 e. The van der Waals surface area contributed by atoms with Crippen molar-refractivity contribution in [2.75, 3.05) is 7.11 Å². The van der Waals surface area contributed by atoms with E-state index in [1.54, 1.807) is 6.92 Å². The van der Waals surface area contributed by atoms with E-state index in [1.165, 1.54) is 31.6 Å². The maximum absolute atomic E-state index is 13.0. The predicted octanol–water partition coefficient (Wildman–Crippen LogP) is 3.38. The SMILES string of the molecule is COc1c(Cl)ncnc1Oc1ccc(F)cc1C. The standard InChI is InChI=1S/C12H10ClFN2O2/c1-7-5-8(14)3-4-9(7)18-12-10(17-2)11(13)15-6-16-12/h3-6H,1-2H3. The molecule has 0 saturated carbocycles. The molecular formula is C12H10ClFN2O2. The zero-order chi connectivity index (χ0) is 13.1. The molecule has 0 spiro atoms. The molecule has 2 aromatic rings. The number of hydrogen-bond donors (Lipinski definition) is 0. The zero-order valence-electron chi connectivity index (χ0n) is 9.78. The molecule has 0 aliphatic carbocycles. The van der Waals surface area contributed by atoms with Gasteiger partial charge in [-0.15, -0.1) is 0 Å². The molecule has 2 rings (SSSR count). The second kappa shape index (κ2) is 5.18. The van der Waals surface area contributed by atoms with Crippen LogP contribution in [0.15, 0.2) is 24.5 Å². The van der Waals surface area contributed by atoms with Crippen LogP contribution >= 0.6 is 11.6 Å². The molecule has 0 atom stereocenters. The summed E-state index contributed by atoms with van der Waals surface area (Å²) in [5.41, 5.74) is 0.645. The minimum absolute atomic E-state index is 0.155. The first-order valence-electron chi connectivity index (χ1n) is 5.10. The fourth-order valence-corrected chi connectivity index (χ4v) is 1.61. The molecule has 94 valence electrons. The number of hydrogen-bond acceptors (Lipinski definition) is 4. The topological polar surface area (TPSA) is 44.2 Å². The van der Waals surface area contributed by atoms with Crippen molar-refractivity contribution in [2.24, 2.45) is 0 Å². The van der Waals surface area contributed by atoms with Gasteiger partial charge in [0.2, 0.25) is 5.75 Å². The van der Waals surface area contributed by atoms with Gasteiger partial charge in [-0.05, 0) is 30.7 Å². The van der Waals surface area contributed by atoms with E-state index < -0.39 is 0 Å². The van der Waals surface area contributed by atoms with E-state index in [-0.39, 0.29) is 22.6 Å². The van der Waals surface area contributed by atoms with Crippen molar-refractivity contribution in [2.45, 2.75) is 6.92 Å². The lowest BCUT2D eigenvalue weighted by Crippen LogP contribution is -1.96. The first-order valence-corrected chi connectivity index (χ1v) is 5.48. The van der Waals surface area contributed by atoms with E-state index in [0.29, 0.717) is 11.3 Å². The lowest BCUT2D eigenvalue weighted by Gasteiger charge is -2.11. The van der Waals surface area contributed by atoms with Gasteiger partial charge in [-0.3, -0.25) is 0 Å². The van der Waals surface area contributed by atoms with Gasteiger partial charge in [-0.25, -0.2) is 9.37 Å². The van der Waals surface area contributed by atoms with E-state index in [9.17, 15) is 4.39 Å². The molecule has 0 fully saturated rings. The van der Waals surface area contributed by atoms with E-state index in [4.69, 9.17) is 21.1 Å². The summed E-state index contributed by atoms with van der Waals surface area (Å²) in [6.07, 6.45) is 1.26. The second-order valence-electron chi connectivity index (χ2n) is 3.51. The van der Waals surface area contributed by atoms with E-state index in [2.05, 4.69) is 9.97 Å². The van der Waals surface area contributed by atoms with Crippen molar-refractivity contribution < 1.29 is 13.9 Å². The summed E-state index contributed by atoms with van der Waals surface area (Å²) in [7, 11) is 1.44. The third-order valence-corrected chi connectivity index (χ3v) is 2.54. The number of nitrogens with zero attached hydrogens (tertiary/aromatic N) is 2. The monoisotopic (exact) mass is 268 g/mol. The Morgan fingerprint density at radius 3 is 2.72 bits per heavy atom. The maximum Gasteiger partial charge on any atom is 0.267 e. The van der Waals surface area contributed by atoms with Crippen LogP contribution in [0.5, 0.6) is 17.4 Å². The Hall–Kier alpha value is -1.88. The zero-order valence-corrected chi connectivity index (χ0v) is 10.5. The fraction of sp³-hybridized carbons (Fsp3) is 0.167. The molecule has 18 heavy (non-hydrogen) atoms. The highest BCUT2D eigenvalue weighted by Crippen LogP contribution is 2.34. The third kappa shape index (κ3) is 2.51. The van der Waals surface area contributed by atoms with E-state index in [1.807, 2.05) is 0 Å². The quantitative estimate of drug-likeness (QED) is 0.801. The van der Waals surface area contributed by atoms with Crippen LogP contribution in [0.3, 0.4) is 0 Å². The van der Waals surface area contributed by atoms with Crippen LogP contribution in [0.4, 0.5) is 4.39 Å². The number of aryl methyl sites for hydroxylation is 1. The summed E-state index contributed by atoms with van der Waals surface area (Å²) in [6.45, 7) is 1.73. The molecule has 1 aromatic carbocycles. The number of methoxy groups -OCH3 is 1. The fourth-order valence-electron chi connectivity index (χ4n) is 1.41. The molecule has 4 nitrogen and oxygen atoms in total. The summed E-state index contributed by atoms with van der Waals surface area (Å²) in [5, 5.41) is 0.155. The highest BCUT2D eigenvalue weighted by atomic mass is 35.5. The number of rotatable bonds is 3. The first-order chi connectivity index (χ1) is 8.61. The van der Waals surface area contributed by atoms with Gasteiger partial charge in [0.1, 0.15) is 17.9 Å². The molecule has 6 heteroatoms. The summed E-state index contributed by atoms with van der Waals surface area (Å²) in [4.78, 5) is 7.71. The van der Waals surface area contributed by atoms with Crippen LogP contribution in [0.1, 0.15) is 5.56 Å². The van der Waals surface area contributed by atoms with Crippen LogP contribution in [-0.2, 0) is 0 Å². The first kappa shape index (κ1) is 12.6. The normalized spacial score (nSPS) is 10.2. The molecule has 0 unspecified atom stereocenters. The third-order valence-electron chi connectivity index (χ3n) is 2.28. The minimum Gasteiger partial charge on any atom is -0.489 e. The average molecular weight is 269 g/mol. The lowest BCUT2D eigenvalue weighted by atomic mass is 10.2. The Morgan fingerprint density at radius 2 is 2.06 bits per heavy atom. The van der Waals surface area contributed by atoms with Gasteiger partial charge in [-0.1, -0.05) is 11.6 Å². The Morgan fingerprint density at radius 1 is 1.28 bits per heavy atom. The number of aromatic nitrogens is 2. The van der Waals surface area contributed by atoms with E-state index >= 15 is 0 Å². The van der Waals surface area contributed by atoms with Gasteiger partial charge in [0.25, 0.3) is 5.88 Å². The van der Waals surface area contributed by atoms with Gasteiger partial charge < -0.3 is 9.47 Å². The van der Waals surface area contributed by atoms with Crippen molar-refractivity contribution in [1.82, 2.24) is 9.97 Å². The van der Waals surface area contributed by atoms with Gasteiger partial charge in [-0.2, -0.15) is 4.98 Å². The summed E-state index contributed by atoms with van der Waals surface area (Å²) in [6, 6.07) is 4.18. The molecule has 1 heterocycles. The van der Waals surface area contributed by atoms with Crippen molar-refractivity contribution in [1.29, 1.82) is 0 Å². The number of halogens is 2. The lowest BCUT2D eigenvalue weighted by molar-refractivity contribution is 0.366. The molecule has 1 aromatic heterocycles. The summed E-state index contributed by atoms with van der Waals surface area (Å²) in [5.74, 6) is 0.576. The van der Waals surface area contributed by atoms with Crippen LogP contribution in [0.25, 0.3) is 0 Å². The molecule has 0 N–H and O–H groups in total. The van der Waals surface area contributed by atoms with Gasteiger partial charge in [0, 0.05) is 0 Å². The van der Waals surface area contributed by atoms with Crippen molar-refractivity contribution in [3.05, 3.63) is 41.1 Å². The minimum atomic E-state index is -0.326. The second-order valence-corrected chi connectivity index (χ2v) is 3.87. The molecule has 0 bridgehead atoms. The summed E-state index contributed by atoms with van der Waals surface area (Å²) >= 11 is 5.84. The Balaban J connectivity index is 2.37. The molecule has 0 aliphatic heterocycles. The van der Waals surface area contributed by atoms with Crippen molar-refractivity contribution in [3.63, 3.8) is 0 Å². The van der Waals surface area contributed by atoms with Crippen molar-refractivity contribution in [3.8, 4) is 17.4 Å². The van der Waals surface area contributed by atoms with Crippen LogP contribution in [0, 0.1) is 12.7 Å². The Kier molecular flexibility index (Phi) is 3.62. The number of benzene rings is 1. The predicted molar refractivity (Wildman–Crippen MR) is 64.8 cm³/mol. The molecule has 0 saturated heterocycles. The van der Waals surface area contributed by atoms with Gasteiger partial charge in [0.05, 0.1) is 7.11 Å². The van der Waals surface area contributed by atoms with E-state index in [0.717, 1.165) is 0 Å². The highest BCUT2D eigenvalue weighted by molar-refractivity contribution is 6.31. The molecule has 0 amide bonds. The molecule has 0 radical (unpaired) electrons. The highest BCUT2D eigenvalue weighted by Gasteiger charge is 2.13. The van der Waals surface area contributed by atoms with Crippen LogP contribution in [0.2, 0.25) is 5.15 Å². The van der Waals surface area contributed by atoms with Gasteiger partial charge in [0.15, 0.2) is 5.15 Å². The molecule has 0 aliphatic rings. The largest absolute Gasteiger partial charge is 0.489 e. The number of ether oxygens (including phenoxy) is 2. The maximum atomic E-state index is 13.0. The average Bonchev–Trinajstić information content (AvgIpc) is 2.33.